The van der Waals surface area contributed by atoms with Crippen molar-refractivity contribution in [3.63, 3.8) is 0 Å². The summed E-state index contributed by atoms with van der Waals surface area (Å²) >= 11 is 1.50. The summed E-state index contributed by atoms with van der Waals surface area (Å²) in [6.07, 6.45) is 1.05. The molecule has 1 aliphatic rings. The minimum atomic E-state index is -3.87. The minimum Gasteiger partial charge on any atom is -0.355 e. The van der Waals surface area contributed by atoms with Gasteiger partial charge in [0, 0.05) is 30.7 Å². The molecule has 0 atom stereocenters. The van der Waals surface area contributed by atoms with Crippen LogP contribution in [-0.2, 0) is 26.0 Å². The number of nitrogens with zero attached hydrogens (tertiary/aromatic N) is 1. The Morgan fingerprint density at radius 1 is 1.20 bits per heavy atom. The fourth-order valence-corrected chi connectivity index (χ4v) is 5.07. The summed E-state index contributed by atoms with van der Waals surface area (Å²) < 4.78 is 26.8. The number of hydrogen-bond acceptors (Lipinski definition) is 5. The first-order valence-electron chi connectivity index (χ1n) is 9.61. The van der Waals surface area contributed by atoms with Gasteiger partial charge in [-0.15, -0.1) is 11.8 Å². The second kappa shape index (κ2) is 9.63. The van der Waals surface area contributed by atoms with Crippen LogP contribution < -0.4 is 10.6 Å². The number of hydrogen-bond donors (Lipinski definition) is 2. The Morgan fingerprint density at radius 3 is 2.67 bits per heavy atom. The molecule has 0 fully saturated rings. The monoisotopic (exact) mass is 447 g/mol. The van der Waals surface area contributed by atoms with Crippen LogP contribution in [0, 0.1) is 6.92 Å². The predicted octanol–water partition coefficient (Wildman–Crippen LogP) is 2.41. The highest BCUT2D eigenvalue weighted by atomic mass is 32.2. The number of sulfonamides is 1. The van der Waals surface area contributed by atoms with Crippen LogP contribution >= 0.6 is 11.8 Å². The van der Waals surface area contributed by atoms with Crippen molar-refractivity contribution in [3.8, 4) is 0 Å². The number of rotatable bonds is 7. The van der Waals surface area contributed by atoms with Crippen LogP contribution in [0.15, 0.2) is 52.3 Å². The summed E-state index contributed by atoms with van der Waals surface area (Å²) in [5.74, 6) is 0.136. The third kappa shape index (κ3) is 5.62. The van der Waals surface area contributed by atoms with Gasteiger partial charge in [0.15, 0.2) is 0 Å². The van der Waals surface area contributed by atoms with E-state index in [4.69, 9.17) is 0 Å². The summed E-state index contributed by atoms with van der Waals surface area (Å²) in [5.41, 5.74) is 2.76. The van der Waals surface area contributed by atoms with E-state index in [0.717, 1.165) is 14.8 Å². The number of amides is 2. The van der Waals surface area contributed by atoms with E-state index in [0.29, 0.717) is 30.8 Å². The molecule has 2 aromatic carbocycles. The molecule has 0 bridgehead atoms. The van der Waals surface area contributed by atoms with Crippen LogP contribution in [0.5, 0.6) is 0 Å². The summed E-state index contributed by atoms with van der Waals surface area (Å²) in [6.45, 7) is 2.16. The molecule has 0 saturated carbocycles. The maximum atomic E-state index is 12.9. The lowest BCUT2D eigenvalue weighted by atomic mass is 10.1. The van der Waals surface area contributed by atoms with Crippen LogP contribution in [0.4, 0.5) is 5.69 Å². The third-order valence-corrected chi connectivity index (χ3v) is 7.62. The van der Waals surface area contributed by atoms with Crippen molar-refractivity contribution >= 4 is 39.3 Å². The molecular weight excluding hydrogens is 422 g/mol. The van der Waals surface area contributed by atoms with E-state index < -0.39 is 10.0 Å². The van der Waals surface area contributed by atoms with Crippen LogP contribution in [0.1, 0.15) is 17.5 Å². The van der Waals surface area contributed by atoms with Gasteiger partial charge in [-0.2, -0.15) is 4.31 Å². The molecule has 30 heavy (non-hydrogen) atoms. The van der Waals surface area contributed by atoms with Gasteiger partial charge in [-0.25, -0.2) is 8.42 Å². The molecule has 1 aliphatic heterocycles. The average molecular weight is 448 g/mol. The predicted molar refractivity (Wildman–Crippen MR) is 118 cm³/mol. The molecule has 0 saturated heterocycles. The molecule has 0 radical (unpaired) electrons. The molecule has 3 rings (SSSR count). The molecule has 2 aromatic rings. The van der Waals surface area contributed by atoms with Gasteiger partial charge in [0.1, 0.15) is 0 Å². The molecule has 7 nitrogen and oxygen atoms in total. The number of nitrogens with one attached hydrogen (secondary N) is 2. The van der Waals surface area contributed by atoms with Gasteiger partial charge >= 0.3 is 0 Å². The first-order chi connectivity index (χ1) is 14.3. The Balaban J connectivity index is 1.59. The topological polar surface area (TPSA) is 95.6 Å². The van der Waals surface area contributed by atoms with E-state index in [-0.39, 0.29) is 23.3 Å². The molecule has 9 heteroatoms. The van der Waals surface area contributed by atoms with E-state index in [9.17, 15) is 18.0 Å². The fourth-order valence-electron chi connectivity index (χ4n) is 2.98. The molecule has 1 heterocycles. The first kappa shape index (κ1) is 22.3. The van der Waals surface area contributed by atoms with Crippen LogP contribution in [0.3, 0.4) is 0 Å². The molecule has 160 valence electrons. The van der Waals surface area contributed by atoms with Crippen molar-refractivity contribution in [1.82, 2.24) is 9.62 Å². The number of fused-ring (bicyclic) bond motifs is 1. The minimum absolute atomic E-state index is 0.0407. The van der Waals surface area contributed by atoms with Gasteiger partial charge in [-0.1, -0.05) is 29.8 Å². The lowest BCUT2D eigenvalue weighted by molar-refractivity contribution is -0.121. The summed E-state index contributed by atoms with van der Waals surface area (Å²) in [6, 6.07) is 12.7. The Labute approximate surface area is 181 Å². The Kier molecular flexibility index (Phi) is 7.17. The van der Waals surface area contributed by atoms with Gasteiger partial charge in [-0.05, 0) is 37.1 Å². The van der Waals surface area contributed by atoms with Gasteiger partial charge in [-0.3, -0.25) is 9.59 Å². The number of likely N-dealkylation sites (N-methyl/N-ethyl adjacent to an activating group) is 1. The lowest BCUT2D eigenvalue weighted by Crippen LogP contribution is -2.39. The normalized spacial score (nSPS) is 14.0. The average Bonchev–Trinajstić information content (AvgIpc) is 2.89. The zero-order chi connectivity index (χ0) is 21.7. The van der Waals surface area contributed by atoms with Crippen LogP contribution in [0.2, 0.25) is 0 Å². The molecule has 0 unspecified atom stereocenters. The molecule has 0 spiro atoms. The van der Waals surface area contributed by atoms with E-state index in [1.165, 1.54) is 36.5 Å². The highest BCUT2D eigenvalue weighted by Gasteiger charge is 2.25. The summed E-state index contributed by atoms with van der Waals surface area (Å²) in [5, 5.41) is 5.50. The largest absolute Gasteiger partial charge is 0.355 e. The number of anilines is 1. The van der Waals surface area contributed by atoms with Gasteiger partial charge in [0.05, 0.1) is 17.1 Å². The van der Waals surface area contributed by atoms with Crippen molar-refractivity contribution < 1.29 is 18.0 Å². The van der Waals surface area contributed by atoms with E-state index in [1.54, 1.807) is 6.07 Å². The smallest absolute Gasteiger partial charge is 0.243 e. The van der Waals surface area contributed by atoms with Crippen molar-refractivity contribution in [2.24, 2.45) is 0 Å². The number of carbonyl (C=O) groups is 2. The molecule has 0 aromatic heterocycles. The van der Waals surface area contributed by atoms with Gasteiger partial charge in [0.2, 0.25) is 21.8 Å². The van der Waals surface area contributed by atoms with E-state index in [2.05, 4.69) is 10.6 Å². The summed E-state index contributed by atoms with van der Waals surface area (Å²) in [7, 11) is -2.50. The maximum Gasteiger partial charge on any atom is 0.243 e. The van der Waals surface area contributed by atoms with Gasteiger partial charge < -0.3 is 10.6 Å². The van der Waals surface area contributed by atoms with Crippen LogP contribution in [0.25, 0.3) is 0 Å². The SMILES string of the molecule is Cc1ccc(CCNC(=O)CN(C)S(=O)(=O)c2ccc3c(c2)NC(=O)CCS3)cc1. The summed E-state index contributed by atoms with van der Waals surface area (Å²) in [4.78, 5) is 24.9. The van der Waals surface area contributed by atoms with Crippen LogP contribution in [-0.4, -0.2) is 50.4 Å². The number of thioether (sulfide) groups is 1. The maximum absolute atomic E-state index is 12.9. The van der Waals surface area contributed by atoms with Gasteiger partial charge in [0.25, 0.3) is 0 Å². The van der Waals surface area contributed by atoms with Crippen molar-refractivity contribution in [2.45, 2.75) is 29.6 Å². The number of aryl methyl sites for hydroxylation is 1. The highest BCUT2D eigenvalue weighted by molar-refractivity contribution is 7.99. The second-order valence-corrected chi connectivity index (χ2v) is 10.3. The first-order valence-corrected chi connectivity index (χ1v) is 12.0. The standard InChI is InChI=1S/C21H25N3O4S2/c1-15-3-5-16(6-4-15)9-11-22-21(26)14-24(2)30(27,28)17-7-8-19-18(13-17)23-20(25)10-12-29-19/h3-8,13H,9-12,14H2,1-2H3,(H,22,26)(H,23,25). The second-order valence-electron chi connectivity index (χ2n) is 7.15. The van der Waals surface area contributed by atoms with Crippen molar-refractivity contribution in [2.75, 3.05) is 31.2 Å². The zero-order valence-corrected chi connectivity index (χ0v) is 18.6. The molecule has 2 amide bonds. The number of carbonyl (C=O) groups excluding carboxylic acids is 2. The van der Waals surface area contributed by atoms with E-state index >= 15 is 0 Å². The molecule has 0 aliphatic carbocycles. The highest BCUT2D eigenvalue weighted by Crippen LogP contribution is 2.33. The van der Waals surface area contributed by atoms with E-state index in [1.807, 2.05) is 31.2 Å². The third-order valence-electron chi connectivity index (χ3n) is 4.74. The molecular formula is C21H25N3O4S2. The Hall–Kier alpha value is -2.36. The Morgan fingerprint density at radius 2 is 1.93 bits per heavy atom. The lowest BCUT2D eigenvalue weighted by Gasteiger charge is -2.18. The quantitative estimate of drug-likeness (QED) is 0.680. The molecule has 2 N–H and O–H groups in total. The Bertz CT molecular complexity index is 1040. The van der Waals surface area contributed by atoms with Crippen molar-refractivity contribution in [1.29, 1.82) is 0 Å². The number of benzene rings is 2. The fraction of sp³-hybridized carbons (Fsp3) is 0.333. The zero-order valence-electron chi connectivity index (χ0n) is 17.0. The van der Waals surface area contributed by atoms with Crippen molar-refractivity contribution in [3.05, 3.63) is 53.6 Å².